The van der Waals surface area contributed by atoms with Crippen LogP contribution in [0, 0.1) is 17.0 Å². The van der Waals surface area contributed by atoms with Gasteiger partial charge in [0, 0.05) is 11.8 Å². The monoisotopic (exact) mass is 316 g/mol. The van der Waals surface area contributed by atoms with Crippen LogP contribution in [0.3, 0.4) is 0 Å². The van der Waals surface area contributed by atoms with E-state index < -0.39 is 4.92 Å². The summed E-state index contributed by atoms with van der Waals surface area (Å²) in [5.74, 6) is 0.444. The van der Waals surface area contributed by atoms with E-state index in [1.807, 2.05) is 6.92 Å². The Balaban J connectivity index is 2.18. The molecule has 0 unspecified atom stereocenters. The first-order chi connectivity index (χ1) is 11.0. The normalized spacial score (nSPS) is 10.7. The summed E-state index contributed by atoms with van der Waals surface area (Å²) in [5, 5.41) is 24.5. The summed E-state index contributed by atoms with van der Waals surface area (Å²) in [4.78, 5) is 14.5. The van der Waals surface area contributed by atoms with Gasteiger partial charge < -0.3 is 9.84 Å². The molecule has 0 amide bonds. The summed E-state index contributed by atoms with van der Waals surface area (Å²) in [5.41, 5.74) is 3.70. The van der Waals surface area contributed by atoms with Gasteiger partial charge in [0.15, 0.2) is 11.5 Å². The zero-order valence-electron chi connectivity index (χ0n) is 12.7. The maximum absolute atomic E-state index is 10.9. The molecule has 120 valence electrons. The quantitative estimate of drug-likeness (QED) is 0.482. The van der Waals surface area contributed by atoms with Crippen LogP contribution in [0.1, 0.15) is 18.2 Å². The Hall–Kier alpha value is -3.16. The van der Waals surface area contributed by atoms with Gasteiger partial charge in [-0.05, 0) is 43.7 Å². The van der Waals surface area contributed by atoms with E-state index in [2.05, 4.69) is 15.5 Å². The Kier molecular flexibility index (Phi) is 5.08. The van der Waals surface area contributed by atoms with Crippen molar-refractivity contribution in [3.8, 4) is 11.5 Å². The van der Waals surface area contributed by atoms with Crippen molar-refractivity contribution in [2.75, 3.05) is 12.0 Å². The number of anilines is 1. The van der Waals surface area contributed by atoms with Gasteiger partial charge in [0.1, 0.15) is 0 Å². The summed E-state index contributed by atoms with van der Waals surface area (Å²) < 4.78 is 5.27. The van der Waals surface area contributed by atoms with Gasteiger partial charge in [-0.2, -0.15) is 5.10 Å². The topological polar surface area (TPSA) is 110 Å². The van der Waals surface area contributed by atoms with Crippen molar-refractivity contribution in [1.82, 2.24) is 4.98 Å². The fraction of sp³-hybridized carbons (Fsp3) is 0.200. The highest BCUT2D eigenvalue weighted by atomic mass is 16.6. The predicted octanol–water partition coefficient (Wildman–Crippen LogP) is 2.85. The van der Waals surface area contributed by atoms with Gasteiger partial charge >= 0.3 is 5.69 Å². The highest BCUT2D eigenvalue weighted by molar-refractivity contribution is 5.81. The number of aryl methyl sites for hydroxylation is 1. The minimum absolute atomic E-state index is 0.0351. The van der Waals surface area contributed by atoms with E-state index in [1.165, 1.54) is 18.3 Å². The van der Waals surface area contributed by atoms with Gasteiger partial charge in [0.05, 0.1) is 17.7 Å². The molecule has 23 heavy (non-hydrogen) atoms. The second-order valence-corrected chi connectivity index (χ2v) is 4.61. The number of nitrogens with one attached hydrogen (secondary N) is 1. The number of nitro groups is 1. The number of benzene rings is 1. The number of aromatic nitrogens is 1. The molecule has 0 bridgehead atoms. The van der Waals surface area contributed by atoms with E-state index in [0.29, 0.717) is 23.6 Å². The minimum atomic E-state index is -0.530. The average Bonchev–Trinajstić information content (AvgIpc) is 2.50. The lowest BCUT2D eigenvalue weighted by Gasteiger charge is -2.06. The first-order valence-corrected chi connectivity index (χ1v) is 6.88. The number of ether oxygens (including phenoxy) is 1. The number of hydrogen-bond donors (Lipinski definition) is 2. The van der Waals surface area contributed by atoms with Gasteiger partial charge in [-0.15, -0.1) is 0 Å². The van der Waals surface area contributed by atoms with Crippen molar-refractivity contribution in [2.24, 2.45) is 5.10 Å². The number of phenolic OH excluding ortho intramolecular Hbond substituents is 1. The van der Waals surface area contributed by atoms with Crippen LogP contribution in [0.5, 0.6) is 11.5 Å². The van der Waals surface area contributed by atoms with Gasteiger partial charge in [-0.3, -0.25) is 15.5 Å². The Morgan fingerprint density at radius 1 is 1.43 bits per heavy atom. The number of pyridine rings is 1. The van der Waals surface area contributed by atoms with Crippen LogP contribution in [0.4, 0.5) is 11.5 Å². The molecule has 0 aliphatic rings. The highest BCUT2D eigenvalue weighted by Crippen LogP contribution is 2.26. The lowest BCUT2D eigenvalue weighted by Crippen LogP contribution is -2.00. The van der Waals surface area contributed by atoms with Crippen LogP contribution in [0.25, 0.3) is 0 Å². The zero-order valence-corrected chi connectivity index (χ0v) is 12.7. The lowest BCUT2D eigenvalue weighted by atomic mass is 10.2. The third kappa shape index (κ3) is 4.16. The molecule has 1 aromatic carbocycles. The summed E-state index contributed by atoms with van der Waals surface area (Å²) >= 11 is 0. The molecule has 1 heterocycles. The van der Waals surface area contributed by atoms with Crippen molar-refractivity contribution < 1.29 is 14.8 Å². The van der Waals surface area contributed by atoms with E-state index in [1.54, 1.807) is 25.1 Å². The van der Waals surface area contributed by atoms with E-state index in [-0.39, 0.29) is 17.3 Å². The number of hydrazone groups is 1. The van der Waals surface area contributed by atoms with E-state index >= 15 is 0 Å². The molecular weight excluding hydrogens is 300 g/mol. The van der Waals surface area contributed by atoms with Crippen LogP contribution in [-0.4, -0.2) is 27.8 Å². The Labute approximate surface area is 132 Å². The molecule has 2 aromatic rings. The zero-order chi connectivity index (χ0) is 16.8. The molecule has 0 fully saturated rings. The molecule has 0 aliphatic carbocycles. The molecule has 0 spiro atoms. The van der Waals surface area contributed by atoms with E-state index in [9.17, 15) is 15.2 Å². The summed E-state index contributed by atoms with van der Waals surface area (Å²) in [6, 6.07) is 7.66. The molecule has 8 heteroatoms. The number of rotatable bonds is 6. The van der Waals surface area contributed by atoms with Gasteiger partial charge in [0.25, 0.3) is 0 Å². The molecule has 2 N–H and O–H groups in total. The summed E-state index contributed by atoms with van der Waals surface area (Å²) in [6.45, 7) is 3.96. The second kappa shape index (κ2) is 7.21. The third-order valence-electron chi connectivity index (χ3n) is 2.88. The molecule has 0 saturated heterocycles. The highest BCUT2D eigenvalue weighted by Gasteiger charge is 2.14. The van der Waals surface area contributed by atoms with Crippen LogP contribution >= 0.6 is 0 Å². The predicted molar refractivity (Wildman–Crippen MR) is 86.1 cm³/mol. The van der Waals surface area contributed by atoms with Crippen molar-refractivity contribution in [3.05, 3.63) is 51.7 Å². The minimum Gasteiger partial charge on any atom is -0.504 e. The van der Waals surface area contributed by atoms with Crippen molar-refractivity contribution in [1.29, 1.82) is 0 Å². The Morgan fingerprint density at radius 2 is 2.22 bits per heavy atom. The van der Waals surface area contributed by atoms with Crippen molar-refractivity contribution in [3.63, 3.8) is 0 Å². The maximum Gasteiger partial charge on any atom is 0.313 e. The van der Waals surface area contributed by atoms with Gasteiger partial charge in [-0.1, -0.05) is 0 Å². The standard InChI is InChI=1S/C15H16N4O4/c1-3-23-14-8-11(5-7-13(14)20)9-16-18-15-12(19(21)22)6-4-10(2)17-15/h4-9,20H,3H2,1-2H3,(H,17,18)/b16-9-. The van der Waals surface area contributed by atoms with Crippen LogP contribution in [0.15, 0.2) is 35.4 Å². The molecule has 8 nitrogen and oxygen atoms in total. The molecule has 0 aliphatic heterocycles. The maximum atomic E-state index is 10.9. The second-order valence-electron chi connectivity index (χ2n) is 4.61. The lowest BCUT2D eigenvalue weighted by molar-refractivity contribution is -0.384. The van der Waals surface area contributed by atoms with Crippen LogP contribution < -0.4 is 10.2 Å². The first kappa shape index (κ1) is 16.2. The number of aromatic hydroxyl groups is 1. The summed E-state index contributed by atoms with van der Waals surface area (Å²) in [6.07, 6.45) is 1.45. The van der Waals surface area contributed by atoms with Gasteiger partial charge in [-0.25, -0.2) is 4.98 Å². The van der Waals surface area contributed by atoms with Crippen molar-refractivity contribution in [2.45, 2.75) is 13.8 Å². The molecule has 0 radical (unpaired) electrons. The Bertz CT molecular complexity index is 746. The van der Waals surface area contributed by atoms with E-state index in [0.717, 1.165) is 0 Å². The number of phenols is 1. The largest absolute Gasteiger partial charge is 0.504 e. The average molecular weight is 316 g/mol. The molecule has 1 aromatic heterocycles. The molecular formula is C15H16N4O4. The first-order valence-electron chi connectivity index (χ1n) is 6.88. The van der Waals surface area contributed by atoms with Crippen molar-refractivity contribution >= 4 is 17.7 Å². The van der Waals surface area contributed by atoms with Gasteiger partial charge in [0.2, 0.25) is 5.82 Å². The fourth-order valence-electron chi connectivity index (χ4n) is 1.83. The molecule has 0 saturated carbocycles. The Morgan fingerprint density at radius 3 is 2.91 bits per heavy atom. The SMILES string of the molecule is CCOc1cc(/C=N\Nc2nc(C)ccc2[N+](=O)[O-])ccc1O. The van der Waals surface area contributed by atoms with Crippen LogP contribution in [-0.2, 0) is 0 Å². The fourth-order valence-corrected chi connectivity index (χ4v) is 1.83. The van der Waals surface area contributed by atoms with Crippen LogP contribution in [0.2, 0.25) is 0 Å². The number of hydrogen-bond acceptors (Lipinski definition) is 7. The van der Waals surface area contributed by atoms with E-state index in [4.69, 9.17) is 4.74 Å². The molecule has 0 atom stereocenters. The number of nitrogens with zero attached hydrogens (tertiary/aromatic N) is 3. The molecule has 2 rings (SSSR count). The summed E-state index contributed by atoms with van der Waals surface area (Å²) in [7, 11) is 0. The third-order valence-corrected chi connectivity index (χ3v) is 2.88. The smallest absolute Gasteiger partial charge is 0.313 e.